The molecule has 0 bridgehead atoms. The second kappa shape index (κ2) is 3.38. The minimum atomic E-state index is 0.220. The zero-order valence-corrected chi connectivity index (χ0v) is 9.69. The van der Waals surface area contributed by atoms with Gasteiger partial charge in [0, 0.05) is 17.0 Å². The molecule has 0 aliphatic rings. The van der Waals surface area contributed by atoms with Crippen molar-refractivity contribution in [1.29, 1.82) is 0 Å². The summed E-state index contributed by atoms with van der Waals surface area (Å²) in [7, 11) is 0. The maximum atomic E-state index is 5.97. The lowest BCUT2D eigenvalue weighted by Gasteiger charge is -2.04. The number of nitrogen functional groups attached to an aromatic ring is 1. The molecule has 2 aromatic rings. The Kier molecular flexibility index (Phi) is 2.48. The van der Waals surface area contributed by atoms with Crippen LogP contribution >= 0.6 is 46.4 Å². The Bertz CT molecular complexity index is 518. The van der Waals surface area contributed by atoms with E-state index in [1.165, 1.54) is 0 Å². The van der Waals surface area contributed by atoms with Gasteiger partial charge >= 0.3 is 0 Å². The van der Waals surface area contributed by atoms with E-state index in [0.29, 0.717) is 26.6 Å². The molecule has 0 aliphatic heterocycles. The molecule has 0 radical (unpaired) electrons. The van der Waals surface area contributed by atoms with Gasteiger partial charge < -0.3 is 10.7 Å². The first-order valence-corrected chi connectivity index (χ1v) is 5.13. The number of nitrogens with one attached hydrogen (secondary N) is 1. The average molecular weight is 270 g/mol. The van der Waals surface area contributed by atoms with Crippen LogP contribution in [-0.2, 0) is 0 Å². The van der Waals surface area contributed by atoms with Crippen LogP contribution < -0.4 is 5.73 Å². The molecule has 0 spiro atoms. The van der Waals surface area contributed by atoms with Gasteiger partial charge in [-0.15, -0.1) is 0 Å². The number of rotatable bonds is 0. The summed E-state index contributed by atoms with van der Waals surface area (Å²) >= 11 is 23.7. The van der Waals surface area contributed by atoms with Crippen molar-refractivity contribution in [1.82, 2.24) is 4.98 Å². The summed E-state index contributed by atoms with van der Waals surface area (Å²) in [6.45, 7) is 0. The fourth-order valence-electron chi connectivity index (χ4n) is 1.27. The Hall–Kier alpha value is -0.280. The van der Waals surface area contributed by atoms with Crippen LogP contribution in [0, 0.1) is 0 Å². The summed E-state index contributed by atoms with van der Waals surface area (Å²) in [6.07, 6.45) is 1.64. The molecular weight excluding hydrogens is 266 g/mol. The monoisotopic (exact) mass is 268 g/mol. The number of aromatic nitrogens is 1. The highest BCUT2D eigenvalue weighted by Gasteiger charge is 2.17. The SMILES string of the molecule is Nc1[nH]cc2c(Cl)c(Cl)c(Cl)c(Cl)c12. The first-order chi connectivity index (χ1) is 6.54. The largest absolute Gasteiger partial charge is 0.385 e. The van der Waals surface area contributed by atoms with E-state index >= 15 is 0 Å². The molecule has 1 aromatic heterocycles. The Morgan fingerprint density at radius 1 is 0.929 bits per heavy atom. The van der Waals surface area contributed by atoms with Crippen LogP contribution in [0.3, 0.4) is 0 Å². The number of benzene rings is 1. The third kappa shape index (κ3) is 1.26. The second-order valence-corrected chi connectivity index (χ2v) is 4.26. The van der Waals surface area contributed by atoms with E-state index in [-0.39, 0.29) is 10.0 Å². The lowest BCUT2D eigenvalue weighted by molar-refractivity contribution is 1.43. The summed E-state index contributed by atoms with van der Waals surface area (Å²) in [5.74, 6) is 0.422. The van der Waals surface area contributed by atoms with Gasteiger partial charge in [-0.05, 0) is 0 Å². The summed E-state index contributed by atoms with van der Waals surface area (Å²) in [5, 5.41) is 2.40. The van der Waals surface area contributed by atoms with E-state index in [4.69, 9.17) is 52.1 Å². The third-order valence-electron chi connectivity index (χ3n) is 1.94. The number of hydrogen-bond acceptors (Lipinski definition) is 1. The predicted octanol–water partition coefficient (Wildman–Crippen LogP) is 4.36. The van der Waals surface area contributed by atoms with E-state index in [9.17, 15) is 0 Å². The molecule has 0 amide bonds. The molecule has 0 saturated carbocycles. The van der Waals surface area contributed by atoms with Crippen LogP contribution in [0.2, 0.25) is 20.1 Å². The number of fused-ring (bicyclic) bond motifs is 1. The van der Waals surface area contributed by atoms with Gasteiger partial charge in [-0.3, -0.25) is 0 Å². The van der Waals surface area contributed by atoms with Gasteiger partial charge in [0.05, 0.1) is 20.1 Å². The van der Waals surface area contributed by atoms with E-state index < -0.39 is 0 Å². The molecule has 1 aromatic carbocycles. The molecule has 6 heteroatoms. The molecule has 0 aliphatic carbocycles. The van der Waals surface area contributed by atoms with Gasteiger partial charge in [0.25, 0.3) is 0 Å². The van der Waals surface area contributed by atoms with Crippen molar-refractivity contribution >= 4 is 63.0 Å². The minimum Gasteiger partial charge on any atom is -0.385 e. The van der Waals surface area contributed by atoms with Crippen LogP contribution in [0.4, 0.5) is 5.82 Å². The fraction of sp³-hybridized carbons (Fsp3) is 0. The highest BCUT2D eigenvalue weighted by Crippen LogP contribution is 2.44. The average Bonchev–Trinajstić information content (AvgIpc) is 2.54. The summed E-state index contributed by atoms with van der Waals surface area (Å²) in [5.41, 5.74) is 5.66. The molecule has 2 nitrogen and oxygen atoms in total. The van der Waals surface area contributed by atoms with Gasteiger partial charge in [-0.1, -0.05) is 46.4 Å². The van der Waals surface area contributed by atoms with Crippen molar-refractivity contribution in [2.75, 3.05) is 5.73 Å². The van der Waals surface area contributed by atoms with E-state index in [1.807, 2.05) is 0 Å². The van der Waals surface area contributed by atoms with Gasteiger partial charge in [0.1, 0.15) is 5.82 Å². The Balaban J connectivity index is 3.05. The smallest absolute Gasteiger partial charge is 0.110 e. The van der Waals surface area contributed by atoms with Crippen molar-refractivity contribution < 1.29 is 0 Å². The van der Waals surface area contributed by atoms with Crippen LogP contribution in [0.1, 0.15) is 0 Å². The number of aromatic amines is 1. The molecule has 0 saturated heterocycles. The molecular formula is C8H4Cl4N2. The van der Waals surface area contributed by atoms with Gasteiger partial charge in [-0.2, -0.15) is 0 Å². The second-order valence-electron chi connectivity index (χ2n) is 2.75. The molecule has 0 atom stereocenters. The van der Waals surface area contributed by atoms with E-state index in [2.05, 4.69) is 4.98 Å². The Morgan fingerprint density at radius 3 is 2.14 bits per heavy atom. The van der Waals surface area contributed by atoms with Gasteiger partial charge in [-0.25, -0.2) is 0 Å². The fourth-order valence-corrected chi connectivity index (χ4v) is 2.29. The summed E-state index contributed by atoms with van der Waals surface area (Å²) in [4.78, 5) is 2.80. The van der Waals surface area contributed by atoms with Crippen molar-refractivity contribution in [2.45, 2.75) is 0 Å². The van der Waals surface area contributed by atoms with Crippen molar-refractivity contribution in [2.24, 2.45) is 0 Å². The lowest BCUT2D eigenvalue weighted by Crippen LogP contribution is -1.85. The van der Waals surface area contributed by atoms with Gasteiger partial charge in [0.15, 0.2) is 0 Å². The third-order valence-corrected chi connectivity index (χ3v) is 3.76. The molecule has 2 rings (SSSR count). The van der Waals surface area contributed by atoms with Crippen LogP contribution in [0.25, 0.3) is 10.8 Å². The number of hydrogen-bond donors (Lipinski definition) is 2. The van der Waals surface area contributed by atoms with Crippen LogP contribution in [-0.4, -0.2) is 4.98 Å². The number of halogens is 4. The van der Waals surface area contributed by atoms with E-state index in [0.717, 1.165) is 0 Å². The molecule has 3 N–H and O–H groups in total. The van der Waals surface area contributed by atoms with E-state index in [1.54, 1.807) is 6.20 Å². The molecule has 14 heavy (non-hydrogen) atoms. The summed E-state index contributed by atoms with van der Waals surface area (Å²) in [6, 6.07) is 0. The molecule has 1 heterocycles. The topological polar surface area (TPSA) is 41.8 Å². The minimum absolute atomic E-state index is 0.220. The quantitative estimate of drug-likeness (QED) is 0.541. The molecule has 0 unspecified atom stereocenters. The first kappa shape index (κ1) is 10.2. The highest BCUT2D eigenvalue weighted by molar-refractivity contribution is 6.55. The normalized spacial score (nSPS) is 11.1. The maximum absolute atomic E-state index is 5.97. The Morgan fingerprint density at radius 2 is 1.50 bits per heavy atom. The first-order valence-electron chi connectivity index (χ1n) is 3.62. The van der Waals surface area contributed by atoms with Crippen LogP contribution in [0.5, 0.6) is 0 Å². The molecule has 0 fully saturated rings. The lowest BCUT2D eigenvalue weighted by atomic mass is 10.2. The van der Waals surface area contributed by atoms with Crippen LogP contribution in [0.15, 0.2) is 6.20 Å². The Labute approximate surface area is 99.9 Å². The standard InChI is InChI=1S/C8H4Cl4N2/c9-4-2-1-14-8(13)3(2)5(10)7(12)6(4)11/h1,14H,13H2. The van der Waals surface area contributed by atoms with Crippen molar-refractivity contribution in [3.05, 3.63) is 26.3 Å². The number of nitrogens with two attached hydrogens (primary N) is 1. The van der Waals surface area contributed by atoms with Crippen molar-refractivity contribution in [3.63, 3.8) is 0 Å². The van der Waals surface area contributed by atoms with Gasteiger partial charge in [0.2, 0.25) is 0 Å². The maximum Gasteiger partial charge on any atom is 0.110 e. The predicted molar refractivity (Wildman–Crippen MR) is 62.8 cm³/mol. The molecule has 74 valence electrons. The zero-order chi connectivity index (χ0) is 10.5. The summed E-state index contributed by atoms with van der Waals surface area (Å²) < 4.78 is 0. The zero-order valence-electron chi connectivity index (χ0n) is 6.67. The number of anilines is 1. The van der Waals surface area contributed by atoms with Crippen molar-refractivity contribution in [3.8, 4) is 0 Å². The highest BCUT2D eigenvalue weighted by atomic mass is 35.5. The number of H-pyrrole nitrogens is 1.